The SMILES string of the molecule is CN1C(=O)c2cc(C(=O)N3CCC(N4CCCCC4)CC3)nn2C[C@@]1(C)C(=O)NC1CCCCCC1. The van der Waals surface area contributed by atoms with E-state index < -0.39 is 5.54 Å². The lowest BCUT2D eigenvalue weighted by Crippen LogP contribution is -2.63. The van der Waals surface area contributed by atoms with Crippen LogP contribution < -0.4 is 5.32 Å². The summed E-state index contributed by atoms with van der Waals surface area (Å²) in [7, 11) is 1.68. The van der Waals surface area contributed by atoms with Crippen LogP contribution in [0.3, 0.4) is 0 Å². The fraction of sp³-hybridized carbons (Fsp3) is 0.778. The summed E-state index contributed by atoms with van der Waals surface area (Å²) in [5, 5.41) is 7.76. The predicted molar refractivity (Wildman–Crippen MR) is 137 cm³/mol. The Morgan fingerprint density at radius 1 is 0.944 bits per heavy atom. The Kier molecular flexibility index (Phi) is 7.37. The van der Waals surface area contributed by atoms with Crippen LogP contribution in [-0.2, 0) is 11.3 Å². The van der Waals surface area contributed by atoms with Crippen molar-refractivity contribution in [2.24, 2.45) is 0 Å². The number of carbonyl (C=O) groups is 3. The van der Waals surface area contributed by atoms with Crippen molar-refractivity contribution in [1.82, 2.24) is 29.8 Å². The maximum Gasteiger partial charge on any atom is 0.274 e. The van der Waals surface area contributed by atoms with Gasteiger partial charge in [0.05, 0.1) is 6.54 Å². The van der Waals surface area contributed by atoms with Gasteiger partial charge in [0.25, 0.3) is 11.8 Å². The molecule has 1 aromatic rings. The predicted octanol–water partition coefficient (Wildman–Crippen LogP) is 2.66. The van der Waals surface area contributed by atoms with E-state index in [1.165, 1.54) is 50.1 Å². The highest BCUT2D eigenvalue weighted by Crippen LogP contribution is 2.28. The molecule has 198 valence electrons. The first kappa shape index (κ1) is 25.2. The summed E-state index contributed by atoms with van der Waals surface area (Å²) in [5.41, 5.74) is -0.365. The van der Waals surface area contributed by atoms with Crippen LogP contribution in [0.2, 0.25) is 0 Å². The number of rotatable bonds is 4. The van der Waals surface area contributed by atoms with Crippen LogP contribution in [0.4, 0.5) is 0 Å². The van der Waals surface area contributed by atoms with Crippen LogP contribution in [0.1, 0.15) is 98.5 Å². The zero-order valence-electron chi connectivity index (χ0n) is 22.0. The topological polar surface area (TPSA) is 90.8 Å². The Labute approximate surface area is 214 Å². The normalized spacial score (nSPS) is 27.0. The zero-order chi connectivity index (χ0) is 25.3. The number of amides is 3. The molecule has 9 nitrogen and oxygen atoms in total. The van der Waals surface area contributed by atoms with Crippen molar-refractivity contribution in [3.8, 4) is 0 Å². The molecule has 0 bridgehead atoms. The maximum absolute atomic E-state index is 13.4. The van der Waals surface area contributed by atoms with E-state index in [4.69, 9.17) is 0 Å². The number of nitrogens with one attached hydrogen (secondary N) is 1. The maximum atomic E-state index is 13.4. The lowest BCUT2D eigenvalue weighted by molar-refractivity contribution is -0.133. The third-order valence-electron chi connectivity index (χ3n) is 9.06. The van der Waals surface area contributed by atoms with Crippen molar-refractivity contribution in [3.63, 3.8) is 0 Å². The molecule has 1 saturated carbocycles. The van der Waals surface area contributed by atoms with Gasteiger partial charge in [-0.15, -0.1) is 0 Å². The van der Waals surface area contributed by atoms with Crippen LogP contribution in [-0.4, -0.2) is 93.1 Å². The van der Waals surface area contributed by atoms with Gasteiger partial charge in [-0.2, -0.15) is 5.10 Å². The fourth-order valence-corrected chi connectivity index (χ4v) is 6.48. The first-order valence-corrected chi connectivity index (χ1v) is 14.1. The molecule has 0 spiro atoms. The van der Waals surface area contributed by atoms with Gasteiger partial charge in [-0.05, 0) is 58.5 Å². The van der Waals surface area contributed by atoms with Crippen LogP contribution in [0.5, 0.6) is 0 Å². The largest absolute Gasteiger partial charge is 0.351 e. The van der Waals surface area contributed by atoms with E-state index in [2.05, 4.69) is 15.3 Å². The number of piperidine rings is 2. The smallest absolute Gasteiger partial charge is 0.274 e. The minimum Gasteiger partial charge on any atom is -0.351 e. The van der Waals surface area contributed by atoms with E-state index in [9.17, 15) is 14.4 Å². The van der Waals surface area contributed by atoms with E-state index in [1.54, 1.807) is 24.7 Å². The highest BCUT2D eigenvalue weighted by atomic mass is 16.2. The number of aromatic nitrogens is 2. The van der Waals surface area contributed by atoms with Gasteiger partial charge < -0.3 is 20.0 Å². The molecule has 3 aliphatic heterocycles. The summed E-state index contributed by atoms with van der Waals surface area (Å²) in [6.45, 7) is 5.83. The molecule has 1 atom stereocenters. The Morgan fingerprint density at radius 2 is 1.58 bits per heavy atom. The number of hydrogen-bond donors (Lipinski definition) is 1. The Hall–Kier alpha value is -2.42. The van der Waals surface area contributed by atoms with Crippen LogP contribution in [0, 0.1) is 0 Å². The van der Waals surface area contributed by atoms with Gasteiger partial charge in [0.2, 0.25) is 5.91 Å². The summed E-state index contributed by atoms with van der Waals surface area (Å²) in [6, 6.07) is 2.33. The Bertz CT molecular complexity index is 970. The standard InChI is InChI=1S/C27H42N6O3/c1-27(26(36)28-20-10-6-3-4-7-11-20)19-33-23(25(35)30(27)2)18-22(29-33)24(34)32-16-12-21(13-17-32)31-14-8-5-9-15-31/h18,20-21H,3-17,19H2,1-2H3,(H,28,36)/t27-/m0/s1. The second-order valence-corrected chi connectivity index (χ2v) is 11.5. The third-order valence-corrected chi connectivity index (χ3v) is 9.06. The lowest BCUT2D eigenvalue weighted by Gasteiger charge is -2.41. The molecule has 2 saturated heterocycles. The third kappa shape index (κ3) is 4.91. The van der Waals surface area contributed by atoms with Gasteiger partial charge in [-0.3, -0.25) is 19.1 Å². The van der Waals surface area contributed by atoms with Gasteiger partial charge in [0, 0.05) is 38.3 Å². The number of carbonyl (C=O) groups excluding carboxylic acids is 3. The fourth-order valence-electron chi connectivity index (χ4n) is 6.48. The highest BCUT2D eigenvalue weighted by molar-refractivity contribution is 6.01. The molecule has 5 rings (SSSR count). The minimum atomic E-state index is -1.05. The molecule has 0 aromatic carbocycles. The summed E-state index contributed by atoms with van der Waals surface area (Å²) in [6.07, 6.45) is 12.5. The van der Waals surface area contributed by atoms with Crippen molar-refractivity contribution in [2.45, 2.75) is 102 Å². The molecular formula is C27H42N6O3. The van der Waals surface area contributed by atoms with Crippen molar-refractivity contribution in [2.75, 3.05) is 33.2 Å². The van der Waals surface area contributed by atoms with Crippen molar-refractivity contribution in [3.05, 3.63) is 17.5 Å². The zero-order valence-corrected chi connectivity index (χ0v) is 22.0. The van der Waals surface area contributed by atoms with E-state index in [1.807, 2.05) is 4.90 Å². The van der Waals surface area contributed by atoms with Gasteiger partial charge in [-0.25, -0.2) is 0 Å². The highest BCUT2D eigenvalue weighted by Gasteiger charge is 2.47. The van der Waals surface area contributed by atoms with Crippen LogP contribution >= 0.6 is 0 Å². The molecule has 1 N–H and O–H groups in total. The van der Waals surface area contributed by atoms with Gasteiger partial charge in [0.1, 0.15) is 11.2 Å². The number of hydrogen-bond acceptors (Lipinski definition) is 5. The van der Waals surface area contributed by atoms with Gasteiger partial charge >= 0.3 is 0 Å². The molecule has 3 amide bonds. The molecule has 36 heavy (non-hydrogen) atoms. The number of likely N-dealkylation sites (tertiary alicyclic amines) is 2. The Balaban J connectivity index is 1.25. The quantitative estimate of drug-likeness (QED) is 0.645. The molecular weight excluding hydrogens is 456 g/mol. The van der Waals surface area contributed by atoms with Crippen molar-refractivity contribution >= 4 is 17.7 Å². The summed E-state index contributed by atoms with van der Waals surface area (Å²) < 4.78 is 1.57. The molecule has 4 aliphatic rings. The minimum absolute atomic E-state index is 0.117. The molecule has 3 fully saturated rings. The van der Waals surface area contributed by atoms with E-state index in [0.717, 1.165) is 51.6 Å². The lowest BCUT2D eigenvalue weighted by atomic mass is 9.95. The number of likely N-dealkylation sites (N-methyl/N-ethyl adjacent to an activating group) is 1. The van der Waals surface area contributed by atoms with E-state index in [-0.39, 0.29) is 30.3 Å². The molecule has 0 radical (unpaired) electrons. The second kappa shape index (κ2) is 10.5. The monoisotopic (exact) mass is 498 g/mol. The van der Waals surface area contributed by atoms with Gasteiger partial charge in [0.15, 0.2) is 5.69 Å². The second-order valence-electron chi connectivity index (χ2n) is 11.5. The average molecular weight is 499 g/mol. The summed E-state index contributed by atoms with van der Waals surface area (Å²) in [5.74, 6) is -0.525. The van der Waals surface area contributed by atoms with Crippen molar-refractivity contribution < 1.29 is 14.4 Å². The van der Waals surface area contributed by atoms with Crippen LogP contribution in [0.25, 0.3) is 0 Å². The van der Waals surface area contributed by atoms with Crippen LogP contribution in [0.15, 0.2) is 6.07 Å². The van der Waals surface area contributed by atoms with Crippen molar-refractivity contribution in [1.29, 1.82) is 0 Å². The first-order chi connectivity index (χ1) is 17.4. The molecule has 0 unspecified atom stereocenters. The number of nitrogens with zero attached hydrogens (tertiary/aromatic N) is 5. The average Bonchev–Trinajstić information content (AvgIpc) is 3.15. The summed E-state index contributed by atoms with van der Waals surface area (Å²) in [4.78, 5) is 46.0. The Morgan fingerprint density at radius 3 is 2.25 bits per heavy atom. The number of fused-ring (bicyclic) bond motifs is 1. The first-order valence-electron chi connectivity index (χ1n) is 14.1. The van der Waals surface area contributed by atoms with E-state index in [0.29, 0.717) is 17.4 Å². The molecule has 9 heteroatoms. The van der Waals surface area contributed by atoms with E-state index >= 15 is 0 Å². The summed E-state index contributed by atoms with van der Waals surface area (Å²) >= 11 is 0. The molecule has 4 heterocycles. The molecule has 1 aliphatic carbocycles. The van der Waals surface area contributed by atoms with Gasteiger partial charge in [-0.1, -0.05) is 32.1 Å². The molecule has 1 aromatic heterocycles.